The Labute approximate surface area is 114 Å². The van der Waals surface area contributed by atoms with E-state index in [9.17, 15) is 4.79 Å². The summed E-state index contributed by atoms with van der Waals surface area (Å²) in [6, 6.07) is 8.28. The third kappa shape index (κ3) is 3.33. The van der Waals surface area contributed by atoms with Crippen LogP contribution in [0.3, 0.4) is 0 Å². The van der Waals surface area contributed by atoms with Gasteiger partial charge in [-0.25, -0.2) is 0 Å². The maximum Gasteiger partial charge on any atom is 0.222 e. The van der Waals surface area contributed by atoms with Crippen LogP contribution in [0.2, 0.25) is 0 Å². The standard InChI is InChI=1S/C15H20ClNO/c16-15(18)9-14(12-5-1-2-6-12)13-7-3-4-11(8-13)10-17/h3-4,7-8,12,14H,1-2,5-6,9-10,17H2. The van der Waals surface area contributed by atoms with Crippen LogP contribution in [0.25, 0.3) is 0 Å². The Kier molecular flexibility index (Phi) is 4.79. The molecule has 98 valence electrons. The maximum absolute atomic E-state index is 11.3. The largest absolute Gasteiger partial charge is 0.326 e. The van der Waals surface area contributed by atoms with Crippen molar-refractivity contribution < 1.29 is 4.79 Å². The van der Waals surface area contributed by atoms with Gasteiger partial charge in [-0.1, -0.05) is 37.1 Å². The second-order valence-corrected chi connectivity index (χ2v) is 5.58. The number of carbonyl (C=O) groups excluding carboxylic acids is 1. The van der Waals surface area contributed by atoms with Crippen LogP contribution in [0.15, 0.2) is 24.3 Å². The Morgan fingerprint density at radius 1 is 1.39 bits per heavy atom. The van der Waals surface area contributed by atoms with Crippen molar-refractivity contribution in [3.05, 3.63) is 35.4 Å². The van der Waals surface area contributed by atoms with E-state index in [1.807, 2.05) is 12.1 Å². The van der Waals surface area contributed by atoms with Gasteiger partial charge < -0.3 is 5.73 Å². The molecule has 2 rings (SSSR count). The summed E-state index contributed by atoms with van der Waals surface area (Å²) in [5, 5.41) is -0.231. The average molecular weight is 266 g/mol. The number of rotatable bonds is 5. The lowest BCUT2D eigenvalue weighted by molar-refractivity contribution is -0.112. The molecule has 1 atom stereocenters. The molecule has 2 nitrogen and oxygen atoms in total. The fourth-order valence-corrected chi connectivity index (χ4v) is 3.21. The van der Waals surface area contributed by atoms with E-state index in [2.05, 4.69) is 12.1 Å². The molecule has 0 amide bonds. The number of carbonyl (C=O) groups is 1. The molecule has 1 fully saturated rings. The molecular formula is C15H20ClNO. The molecule has 0 radical (unpaired) electrons. The first-order chi connectivity index (χ1) is 8.70. The van der Waals surface area contributed by atoms with Crippen LogP contribution in [0.4, 0.5) is 0 Å². The van der Waals surface area contributed by atoms with Crippen molar-refractivity contribution >= 4 is 16.8 Å². The highest BCUT2D eigenvalue weighted by Gasteiger charge is 2.27. The van der Waals surface area contributed by atoms with Gasteiger partial charge in [-0.05, 0) is 47.4 Å². The van der Waals surface area contributed by atoms with Crippen molar-refractivity contribution in [2.75, 3.05) is 0 Å². The van der Waals surface area contributed by atoms with Crippen LogP contribution in [-0.2, 0) is 11.3 Å². The van der Waals surface area contributed by atoms with Crippen molar-refractivity contribution in [3.8, 4) is 0 Å². The van der Waals surface area contributed by atoms with E-state index in [0.29, 0.717) is 18.9 Å². The smallest absolute Gasteiger partial charge is 0.222 e. The summed E-state index contributed by atoms with van der Waals surface area (Å²) in [7, 11) is 0. The molecule has 0 aliphatic heterocycles. The second-order valence-electron chi connectivity index (χ2n) is 5.16. The topological polar surface area (TPSA) is 43.1 Å². The predicted molar refractivity (Wildman–Crippen MR) is 74.5 cm³/mol. The number of hydrogen-bond donors (Lipinski definition) is 1. The Balaban J connectivity index is 2.23. The molecule has 3 heteroatoms. The zero-order valence-corrected chi connectivity index (χ0v) is 11.3. The molecule has 0 bridgehead atoms. The third-order valence-corrected chi connectivity index (χ3v) is 4.12. The van der Waals surface area contributed by atoms with Gasteiger partial charge in [0.05, 0.1) is 0 Å². The van der Waals surface area contributed by atoms with Gasteiger partial charge in [0.2, 0.25) is 5.24 Å². The van der Waals surface area contributed by atoms with E-state index >= 15 is 0 Å². The molecular weight excluding hydrogens is 246 g/mol. The molecule has 0 saturated heterocycles. The zero-order valence-electron chi connectivity index (χ0n) is 10.6. The SMILES string of the molecule is NCc1cccc(C(CC(=O)Cl)C2CCCC2)c1. The first-order valence-electron chi connectivity index (χ1n) is 6.68. The summed E-state index contributed by atoms with van der Waals surface area (Å²) >= 11 is 5.61. The molecule has 1 aromatic carbocycles. The van der Waals surface area contributed by atoms with Crippen LogP contribution in [0.1, 0.15) is 49.1 Å². The maximum atomic E-state index is 11.3. The van der Waals surface area contributed by atoms with Gasteiger partial charge in [-0.2, -0.15) is 0 Å². The van der Waals surface area contributed by atoms with Crippen LogP contribution in [0.5, 0.6) is 0 Å². The van der Waals surface area contributed by atoms with Crippen molar-refractivity contribution in [1.29, 1.82) is 0 Å². The van der Waals surface area contributed by atoms with Gasteiger partial charge in [-0.3, -0.25) is 4.79 Å². The summed E-state index contributed by atoms with van der Waals surface area (Å²) < 4.78 is 0. The van der Waals surface area contributed by atoms with Crippen LogP contribution < -0.4 is 5.73 Å². The summed E-state index contributed by atoms with van der Waals surface area (Å²) in [5.74, 6) is 0.865. The quantitative estimate of drug-likeness (QED) is 0.827. The molecule has 1 saturated carbocycles. The summed E-state index contributed by atoms with van der Waals surface area (Å²) in [5.41, 5.74) is 8.02. The Morgan fingerprint density at radius 2 is 2.11 bits per heavy atom. The van der Waals surface area contributed by atoms with E-state index < -0.39 is 0 Å². The monoisotopic (exact) mass is 265 g/mol. The van der Waals surface area contributed by atoms with Gasteiger partial charge in [-0.15, -0.1) is 0 Å². The molecule has 18 heavy (non-hydrogen) atoms. The lowest BCUT2D eigenvalue weighted by atomic mass is 9.82. The highest BCUT2D eigenvalue weighted by Crippen LogP contribution is 2.39. The Hall–Kier alpha value is -0.860. The van der Waals surface area contributed by atoms with Crippen molar-refractivity contribution in [1.82, 2.24) is 0 Å². The molecule has 1 unspecified atom stereocenters. The minimum absolute atomic E-state index is 0.231. The summed E-state index contributed by atoms with van der Waals surface area (Å²) in [6.07, 6.45) is 5.41. The molecule has 1 aromatic rings. The first-order valence-corrected chi connectivity index (χ1v) is 7.05. The Morgan fingerprint density at radius 3 is 2.72 bits per heavy atom. The fourth-order valence-electron chi connectivity index (χ4n) is 3.04. The first kappa shape index (κ1) is 13.6. The second kappa shape index (κ2) is 6.35. The summed E-state index contributed by atoms with van der Waals surface area (Å²) in [6.45, 7) is 0.542. The predicted octanol–water partition coefficient (Wildman–Crippen LogP) is 3.57. The van der Waals surface area contributed by atoms with Crippen molar-refractivity contribution in [2.45, 2.75) is 44.6 Å². The number of benzene rings is 1. The lowest BCUT2D eigenvalue weighted by Crippen LogP contribution is -2.13. The van der Waals surface area contributed by atoms with E-state index in [1.165, 1.54) is 31.2 Å². The molecule has 0 spiro atoms. The number of nitrogens with two attached hydrogens (primary N) is 1. The average Bonchev–Trinajstić information content (AvgIpc) is 2.89. The third-order valence-electron chi connectivity index (χ3n) is 3.96. The van der Waals surface area contributed by atoms with Crippen LogP contribution >= 0.6 is 11.6 Å². The fraction of sp³-hybridized carbons (Fsp3) is 0.533. The molecule has 0 aromatic heterocycles. The number of halogens is 1. The minimum atomic E-state index is -0.231. The normalized spacial score (nSPS) is 17.9. The highest BCUT2D eigenvalue weighted by molar-refractivity contribution is 6.63. The van der Waals surface area contributed by atoms with Gasteiger partial charge in [0, 0.05) is 13.0 Å². The molecule has 2 N–H and O–H groups in total. The number of hydrogen-bond acceptors (Lipinski definition) is 2. The van der Waals surface area contributed by atoms with Crippen molar-refractivity contribution in [3.63, 3.8) is 0 Å². The van der Waals surface area contributed by atoms with Gasteiger partial charge in [0.25, 0.3) is 0 Å². The van der Waals surface area contributed by atoms with E-state index in [1.54, 1.807) is 0 Å². The minimum Gasteiger partial charge on any atom is -0.326 e. The Bertz CT molecular complexity index is 413. The van der Waals surface area contributed by atoms with Gasteiger partial charge >= 0.3 is 0 Å². The van der Waals surface area contributed by atoms with Gasteiger partial charge in [0.1, 0.15) is 0 Å². The van der Waals surface area contributed by atoms with E-state index in [4.69, 9.17) is 17.3 Å². The highest BCUT2D eigenvalue weighted by atomic mass is 35.5. The molecule has 1 aliphatic rings. The van der Waals surface area contributed by atoms with Gasteiger partial charge in [0.15, 0.2) is 0 Å². The summed E-state index contributed by atoms with van der Waals surface area (Å²) in [4.78, 5) is 11.3. The molecule has 1 aliphatic carbocycles. The van der Waals surface area contributed by atoms with Crippen LogP contribution in [0, 0.1) is 5.92 Å². The zero-order chi connectivity index (χ0) is 13.0. The van der Waals surface area contributed by atoms with Crippen LogP contribution in [-0.4, -0.2) is 5.24 Å². The van der Waals surface area contributed by atoms with E-state index in [-0.39, 0.29) is 11.2 Å². The lowest BCUT2D eigenvalue weighted by Gasteiger charge is -2.23. The van der Waals surface area contributed by atoms with E-state index in [0.717, 1.165) is 5.56 Å². The van der Waals surface area contributed by atoms with Crippen molar-refractivity contribution in [2.24, 2.45) is 11.7 Å². The molecule has 0 heterocycles.